The molecule has 0 aliphatic carbocycles. The third kappa shape index (κ3) is 4.65. The smallest absolute Gasteiger partial charge is 0.270 e. The van der Waals surface area contributed by atoms with Crippen molar-refractivity contribution >= 4 is 16.6 Å². The fourth-order valence-electron chi connectivity index (χ4n) is 3.33. The van der Waals surface area contributed by atoms with Crippen LogP contribution in [0.3, 0.4) is 0 Å². The van der Waals surface area contributed by atoms with Crippen LogP contribution in [0.1, 0.15) is 18.4 Å². The van der Waals surface area contributed by atoms with Crippen LogP contribution in [-0.4, -0.2) is 33.0 Å². The van der Waals surface area contributed by atoms with Gasteiger partial charge in [0.2, 0.25) is 4.88 Å². The number of aromatic hydroxyl groups is 1. The molecule has 2 heterocycles. The van der Waals surface area contributed by atoms with E-state index in [0.29, 0.717) is 35.9 Å². The maximum absolute atomic E-state index is 13.4. The summed E-state index contributed by atoms with van der Waals surface area (Å²) in [4.78, 5) is 2.43. The standard InChI is InChI=1S/C21H20F2N2O3S/c22-21(23)8-10-25(11-9-21)17-3-1-2-15(12-17)14-28-18-6-4-16(5-7-18)19-13-20(26)24-29(19)27/h1-7,12-13H,8-11,14H2,(H,24,26). The van der Waals surface area contributed by atoms with Gasteiger partial charge in [-0.05, 0) is 42.0 Å². The highest BCUT2D eigenvalue weighted by Crippen LogP contribution is 2.34. The van der Waals surface area contributed by atoms with E-state index in [4.69, 9.17) is 4.74 Å². The predicted octanol–water partition coefficient (Wildman–Crippen LogP) is 5.00. The lowest BCUT2D eigenvalue weighted by molar-refractivity contribution is -0.0220. The molecule has 29 heavy (non-hydrogen) atoms. The molecule has 1 aromatic heterocycles. The molecule has 1 fully saturated rings. The second-order valence-corrected chi connectivity index (χ2v) is 8.15. The van der Waals surface area contributed by atoms with Crippen LogP contribution in [0, 0.1) is 0 Å². The molecule has 4 rings (SSSR count). The van der Waals surface area contributed by atoms with Gasteiger partial charge >= 0.3 is 0 Å². The normalized spacial score (nSPS) is 16.7. The molecule has 2 aromatic carbocycles. The molecule has 1 aliphatic rings. The Kier molecular flexibility index (Phi) is 5.38. The minimum absolute atomic E-state index is 0.121. The van der Waals surface area contributed by atoms with Crippen molar-refractivity contribution in [2.75, 3.05) is 18.0 Å². The number of piperidine rings is 1. The van der Waals surface area contributed by atoms with Gasteiger partial charge in [0.15, 0.2) is 0 Å². The highest BCUT2D eigenvalue weighted by Gasteiger charge is 2.34. The first-order valence-corrected chi connectivity index (χ1v) is 10.4. The molecule has 1 unspecified atom stereocenters. The summed E-state index contributed by atoms with van der Waals surface area (Å²) in [7, 11) is -1.59. The number of benzene rings is 2. The zero-order valence-corrected chi connectivity index (χ0v) is 16.4. The summed E-state index contributed by atoms with van der Waals surface area (Å²) in [6.07, 6.45) is -0.242. The minimum atomic E-state index is -2.56. The van der Waals surface area contributed by atoms with Crippen LogP contribution in [0.25, 0.3) is 10.4 Å². The van der Waals surface area contributed by atoms with Crippen LogP contribution in [0.15, 0.2) is 54.6 Å². The molecule has 5 nitrogen and oxygen atoms in total. The summed E-state index contributed by atoms with van der Waals surface area (Å²) in [5.41, 5.74) is 2.57. The van der Waals surface area contributed by atoms with Crippen LogP contribution >= 0.6 is 10.9 Å². The topological polar surface area (TPSA) is 68.7 Å². The van der Waals surface area contributed by atoms with Crippen molar-refractivity contribution in [1.82, 2.24) is 4.37 Å². The number of halogens is 2. The average molecular weight is 418 g/mol. The Morgan fingerprint density at radius 1 is 1.10 bits per heavy atom. The average Bonchev–Trinajstić information content (AvgIpc) is 3.05. The van der Waals surface area contributed by atoms with Gasteiger partial charge < -0.3 is 19.3 Å². The molecule has 1 saturated heterocycles. The van der Waals surface area contributed by atoms with Crippen molar-refractivity contribution in [2.24, 2.45) is 0 Å². The first-order chi connectivity index (χ1) is 13.9. The van der Waals surface area contributed by atoms with Crippen molar-refractivity contribution in [3.05, 3.63) is 60.2 Å². The summed E-state index contributed by atoms with van der Waals surface area (Å²) in [5.74, 6) is -2.16. The fourth-order valence-corrected chi connectivity index (χ4v) is 4.19. The summed E-state index contributed by atoms with van der Waals surface area (Å²) >= 11 is 0. The van der Waals surface area contributed by atoms with E-state index in [1.807, 2.05) is 29.2 Å². The molecular formula is C21H20F2N2O3S. The molecular weight excluding hydrogens is 398 g/mol. The van der Waals surface area contributed by atoms with Crippen molar-refractivity contribution < 1.29 is 23.2 Å². The molecule has 1 N–H and O–H groups in total. The third-order valence-electron chi connectivity index (χ3n) is 4.94. The van der Waals surface area contributed by atoms with E-state index in [-0.39, 0.29) is 18.7 Å². The van der Waals surface area contributed by atoms with Crippen LogP contribution in [0.4, 0.5) is 14.5 Å². The van der Waals surface area contributed by atoms with Gasteiger partial charge in [0.25, 0.3) is 11.8 Å². The first kappa shape index (κ1) is 19.6. The SMILES string of the molecule is [O-][s+]1nc(O)cc1-c1ccc(OCc2cccc(N3CCC(F)(F)CC3)c2)cc1. The van der Waals surface area contributed by atoms with Crippen LogP contribution in [0.2, 0.25) is 0 Å². The van der Waals surface area contributed by atoms with E-state index >= 15 is 0 Å². The largest absolute Gasteiger partial charge is 0.568 e. The van der Waals surface area contributed by atoms with E-state index in [0.717, 1.165) is 11.3 Å². The van der Waals surface area contributed by atoms with Gasteiger partial charge in [-0.3, -0.25) is 0 Å². The number of hydrogen-bond donors (Lipinski definition) is 1. The molecule has 1 aliphatic heterocycles. The van der Waals surface area contributed by atoms with Crippen molar-refractivity contribution in [2.45, 2.75) is 25.4 Å². The van der Waals surface area contributed by atoms with Gasteiger partial charge in [-0.1, -0.05) is 12.1 Å². The van der Waals surface area contributed by atoms with E-state index < -0.39 is 16.9 Å². The summed E-state index contributed by atoms with van der Waals surface area (Å²) in [6, 6.07) is 16.2. The van der Waals surface area contributed by atoms with E-state index in [9.17, 15) is 18.4 Å². The van der Waals surface area contributed by atoms with Gasteiger partial charge in [-0.15, -0.1) is 0 Å². The number of anilines is 1. The Morgan fingerprint density at radius 2 is 1.83 bits per heavy atom. The highest BCUT2D eigenvalue weighted by atomic mass is 32.2. The number of ether oxygens (including phenoxy) is 1. The maximum Gasteiger partial charge on any atom is 0.270 e. The number of nitrogens with zero attached hydrogens (tertiary/aromatic N) is 2. The molecule has 0 radical (unpaired) electrons. The van der Waals surface area contributed by atoms with Crippen molar-refractivity contribution in [3.63, 3.8) is 0 Å². The van der Waals surface area contributed by atoms with Gasteiger partial charge in [0.1, 0.15) is 12.4 Å². The number of alkyl halides is 2. The lowest BCUT2D eigenvalue weighted by Gasteiger charge is -2.33. The Morgan fingerprint density at radius 3 is 2.48 bits per heavy atom. The molecule has 0 amide bonds. The number of hydrogen-bond acceptors (Lipinski definition) is 5. The summed E-state index contributed by atoms with van der Waals surface area (Å²) < 4.78 is 47.9. The van der Waals surface area contributed by atoms with Gasteiger partial charge in [-0.25, -0.2) is 8.78 Å². The minimum Gasteiger partial charge on any atom is -0.568 e. The van der Waals surface area contributed by atoms with Gasteiger partial charge in [-0.2, -0.15) is 0 Å². The van der Waals surface area contributed by atoms with Crippen LogP contribution in [-0.2, 0) is 6.61 Å². The molecule has 3 aromatic rings. The molecule has 0 saturated carbocycles. The second-order valence-electron chi connectivity index (χ2n) is 7.03. The Labute approximate surface area is 170 Å². The molecule has 8 heteroatoms. The molecule has 0 spiro atoms. The fraction of sp³-hybridized carbons (Fsp3) is 0.286. The zero-order chi connectivity index (χ0) is 20.4. The Balaban J connectivity index is 1.39. The third-order valence-corrected chi connectivity index (χ3v) is 6.02. The quantitative estimate of drug-likeness (QED) is 0.591. The maximum atomic E-state index is 13.4. The van der Waals surface area contributed by atoms with Crippen LogP contribution < -0.4 is 9.64 Å². The van der Waals surface area contributed by atoms with E-state index in [1.54, 1.807) is 24.3 Å². The van der Waals surface area contributed by atoms with Crippen LogP contribution in [0.5, 0.6) is 11.6 Å². The van der Waals surface area contributed by atoms with Gasteiger partial charge in [0, 0.05) is 41.6 Å². The molecule has 152 valence electrons. The number of aromatic nitrogens is 1. The Bertz CT molecular complexity index is 982. The van der Waals surface area contributed by atoms with Gasteiger partial charge in [0.05, 0.1) is 17.0 Å². The lowest BCUT2D eigenvalue weighted by Crippen LogP contribution is -2.39. The predicted molar refractivity (Wildman–Crippen MR) is 107 cm³/mol. The molecule has 0 bridgehead atoms. The van der Waals surface area contributed by atoms with E-state index in [1.165, 1.54) is 6.07 Å². The summed E-state index contributed by atoms with van der Waals surface area (Å²) in [6.45, 7) is 1.03. The lowest BCUT2D eigenvalue weighted by atomic mass is 10.1. The van der Waals surface area contributed by atoms with Crippen molar-refractivity contribution in [3.8, 4) is 22.1 Å². The Hall–Kier alpha value is -2.71. The monoisotopic (exact) mass is 418 g/mol. The second kappa shape index (κ2) is 7.96. The van der Waals surface area contributed by atoms with E-state index in [2.05, 4.69) is 4.37 Å². The first-order valence-electron chi connectivity index (χ1n) is 9.26. The zero-order valence-electron chi connectivity index (χ0n) is 15.6. The van der Waals surface area contributed by atoms with Crippen molar-refractivity contribution in [1.29, 1.82) is 0 Å². The number of rotatable bonds is 5. The summed E-state index contributed by atoms with van der Waals surface area (Å²) in [5, 5.41) is 9.35. The highest BCUT2D eigenvalue weighted by molar-refractivity contribution is 7.23. The molecule has 1 atom stereocenters.